The molecule has 0 heterocycles. The number of benzene rings is 2. The first-order valence-corrected chi connectivity index (χ1v) is 7.43. The van der Waals surface area contributed by atoms with Crippen molar-refractivity contribution in [3.63, 3.8) is 0 Å². The van der Waals surface area contributed by atoms with Gasteiger partial charge in [0.2, 0.25) is 0 Å². The molecule has 0 atom stereocenters. The minimum atomic E-state index is 1.20. The van der Waals surface area contributed by atoms with E-state index < -0.39 is 0 Å². The van der Waals surface area contributed by atoms with E-state index in [1.54, 1.807) is 0 Å². The van der Waals surface area contributed by atoms with Crippen LogP contribution in [-0.2, 0) is 0 Å². The molecule has 0 aliphatic rings. The van der Waals surface area contributed by atoms with Gasteiger partial charge in [-0.1, -0.05) is 87.2 Å². The predicted octanol–water partition coefficient (Wildman–Crippen LogP) is 6.37. The Labute approximate surface area is 118 Å². The third kappa shape index (κ3) is 6.81. The molecule has 102 valence electrons. The van der Waals surface area contributed by atoms with E-state index in [4.69, 9.17) is 0 Å². The van der Waals surface area contributed by atoms with Crippen LogP contribution in [0.2, 0.25) is 0 Å². The Balaban J connectivity index is 0.000000192. The lowest BCUT2D eigenvalue weighted by Crippen LogP contribution is -1.74. The SMILES string of the molecule is C=CCCCCCCC.c1ccc2ccccc2c1. The monoisotopic (exact) mass is 254 g/mol. The zero-order valence-corrected chi connectivity index (χ0v) is 12.1. The molecule has 2 aromatic rings. The maximum absolute atomic E-state index is 3.68. The van der Waals surface area contributed by atoms with Crippen molar-refractivity contribution >= 4 is 10.8 Å². The summed E-state index contributed by atoms with van der Waals surface area (Å²) in [6, 6.07) is 16.7. The van der Waals surface area contributed by atoms with Gasteiger partial charge in [0.05, 0.1) is 0 Å². The summed E-state index contributed by atoms with van der Waals surface area (Å²) in [6.45, 7) is 5.92. The van der Waals surface area contributed by atoms with Gasteiger partial charge < -0.3 is 0 Å². The van der Waals surface area contributed by atoms with E-state index in [9.17, 15) is 0 Å². The average molecular weight is 254 g/mol. The number of allylic oxidation sites excluding steroid dienone is 1. The molecular weight excluding hydrogens is 228 g/mol. The quantitative estimate of drug-likeness (QED) is 0.415. The summed E-state index contributed by atoms with van der Waals surface area (Å²) in [5.74, 6) is 0. The first-order valence-electron chi connectivity index (χ1n) is 7.43. The van der Waals surface area contributed by atoms with Crippen LogP contribution in [0.3, 0.4) is 0 Å². The van der Waals surface area contributed by atoms with Crippen molar-refractivity contribution < 1.29 is 0 Å². The fourth-order valence-corrected chi connectivity index (χ4v) is 2.03. The summed E-state index contributed by atoms with van der Waals surface area (Å²) in [7, 11) is 0. The molecule has 19 heavy (non-hydrogen) atoms. The van der Waals surface area contributed by atoms with Crippen molar-refractivity contribution in [3.05, 3.63) is 61.2 Å². The highest BCUT2D eigenvalue weighted by atomic mass is 13.9. The second-order valence-electron chi connectivity index (χ2n) is 4.84. The molecule has 2 aromatic carbocycles. The molecule has 0 spiro atoms. The van der Waals surface area contributed by atoms with E-state index in [2.05, 4.69) is 62.0 Å². The van der Waals surface area contributed by atoms with Crippen LogP contribution in [0.25, 0.3) is 10.8 Å². The average Bonchev–Trinajstić information content (AvgIpc) is 2.48. The van der Waals surface area contributed by atoms with Crippen LogP contribution in [0.5, 0.6) is 0 Å². The van der Waals surface area contributed by atoms with Crippen LogP contribution < -0.4 is 0 Å². The summed E-state index contributed by atoms with van der Waals surface area (Å²) in [4.78, 5) is 0. The number of rotatable bonds is 6. The van der Waals surface area contributed by atoms with Crippen LogP contribution >= 0.6 is 0 Å². The normalized spacial score (nSPS) is 9.74. The van der Waals surface area contributed by atoms with Crippen molar-refractivity contribution in [2.24, 2.45) is 0 Å². The van der Waals surface area contributed by atoms with Gasteiger partial charge in [-0.3, -0.25) is 0 Å². The van der Waals surface area contributed by atoms with Gasteiger partial charge in [0.1, 0.15) is 0 Å². The second-order valence-corrected chi connectivity index (χ2v) is 4.84. The summed E-state index contributed by atoms with van der Waals surface area (Å²) in [6.07, 6.45) is 10.1. The van der Waals surface area contributed by atoms with Gasteiger partial charge in [-0.05, 0) is 23.6 Å². The lowest BCUT2D eigenvalue weighted by atomic mass is 10.1. The van der Waals surface area contributed by atoms with E-state index in [1.165, 1.54) is 49.3 Å². The lowest BCUT2D eigenvalue weighted by molar-refractivity contribution is 0.638. The van der Waals surface area contributed by atoms with Gasteiger partial charge in [-0.2, -0.15) is 0 Å². The Morgan fingerprint density at radius 2 is 1.26 bits per heavy atom. The molecule has 0 amide bonds. The van der Waals surface area contributed by atoms with Crippen LogP contribution in [-0.4, -0.2) is 0 Å². The van der Waals surface area contributed by atoms with E-state index in [0.717, 1.165) is 0 Å². The Hall–Kier alpha value is -1.56. The number of hydrogen-bond donors (Lipinski definition) is 0. The van der Waals surface area contributed by atoms with E-state index in [-0.39, 0.29) is 0 Å². The van der Waals surface area contributed by atoms with Crippen molar-refractivity contribution in [1.82, 2.24) is 0 Å². The minimum Gasteiger partial charge on any atom is -0.103 e. The van der Waals surface area contributed by atoms with Crippen LogP contribution in [0.1, 0.15) is 45.4 Å². The molecule has 0 saturated carbocycles. The van der Waals surface area contributed by atoms with Gasteiger partial charge >= 0.3 is 0 Å². The van der Waals surface area contributed by atoms with Gasteiger partial charge in [0.25, 0.3) is 0 Å². The standard InChI is InChI=1S/C10H8.C9H18/c1-2-6-10-8-4-3-7-9(10)5-1;1-3-5-7-9-8-6-4-2/h1-8H;3H,1,4-9H2,2H3. The number of unbranched alkanes of at least 4 members (excludes halogenated alkanes) is 5. The van der Waals surface area contributed by atoms with E-state index >= 15 is 0 Å². The molecule has 0 aliphatic carbocycles. The third-order valence-corrected chi connectivity index (χ3v) is 3.17. The van der Waals surface area contributed by atoms with Crippen LogP contribution in [0, 0.1) is 0 Å². The molecule has 0 unspecified atom stereocenters. The van der Waals surface area contributed by atoms with E-state index in [0.29, 0.717) is 0 Å². The highest BCUT2D eigenvalue weighted by molar-refractivity contribution is 5.81. The maximum Gasteiger partial charge on any atom is -0.0184 e. The fourth-order valence-electron chi connectivity index (χ4n) is 2.03. The molecular formula is C19H26. The Bertz CT molecular complexity index is 391. The molecule has 0 N–H and O–H groups in total. The Kier molecular flexibility index (Phi) is 8.46. The van der Waals surface area contributed by atoms with Gasteiger partial charge in [0, 0.05) is 0 Å². The Morgan fingerprint density at radius 1 is 0.789 bits per heavy atom. The van der Waals surface area contributed by atoms with E-state index in [1.807, 2.05) is 6.08 Å². The molecule has 0 fully saturated rings. The third-order valence-electron chi connectivity index (χ3n) is 3.17. The Morgan fingerprint density at radius 3 is 1.68 bits per heavy atom. The molecule has 0 heteroatoms. The molecule has 0 bridgehead atoms. The summed E-state index contributed by atoms with van der Waals surface area (Å²) in [5, 5.41) is 2.62. The largest absolute Gasteiger partial charge is 0.103 e. The molecule has 0 aromatic heterocycles. The first kappa shape index (κ1) is 15.5. The minimum absolute atomic E-state index is 1.20. The zero-order chi connectivity index (χ0) is 13.8. The molecule has 0 radical (unpaired) electrons. The highest BCUT2D eigenvalue weighted by Gasteiger charge is 1.85. The zero-order valence-electron chi connectivity index (χ0n) is 12.1. The lowest BCUT2D eigenvalue weighted by Gasteiger charge is -1.94. The van der Waals surface area contributed by atoms with Gasteiger partial charge in [0.15, 0.2) is 0 Å². The molecule has 0 saturated heterocycles. The van der Waals surface area contributed by atoms with Crippen LogP contribution in [0.15, 0.2) is 61.2 Å². The van der Waals surface area contributed by atoms with Crippen molar-refractivity contribution in [3.8, 4) is 0 Å². The summed E-state index contributed by atoms with van der Waals surface area (Å²) in [5.41, 5.74) is 0. The molecule has 0 aliphatic heterocycles. The molecule has 0 nitrogen and oxygen atoms in total. The van der Waals surface area contributed by atoms with Gasteiger partial charge in [-0.25, -0.2) is 0 Å². The first-order chi connectivity index (χ1) is 9.38. The topological polar surface area (TPSA) is 0 Å². The number of fused-ring (bicyclic) bond motifs is 1. The summed E-state index contributed by atoms with van der Waals surface area (Å²) < 4.78 is 0. The smallest absolute Gasteiger partial charge is 0.0184 e. The highest BCUT2D eigenvalue weighted by Crippen LogP contribution is 2.11. The van der Waals surface area contributed by atoms with Crippen LogP contribution in [0.4, 0.5) is 0 Å². The number of hydrogen-bond acceptors (Lipinski definition) is 0. The maximum atomic E-state index is 3.68. The van der Waals surface area contributed by atoms with Crippen molar-refractivity contribution in [2.75, 3.05) is 0 Å². The fraction of sp³-hybridized carbons (Fsp3) is 0.368. The van der Waals surface area contributed by atoms with Crippen molar-refractivity contribution in [1.29, 1.82) is 0 Å². The van der Waals surface area contributed by atoms with Gasteiger partial charge in [-0.15, -0.1) is 6.58 Å². The second kappa shape index (κ2) is 10.4. The molecule has 2 rings (SSSR count). The van der Waals surface area contributed by atoms with Crippen molar-refractivity contribution in [2.45, 2.75) is 45.4 Å². The predicted molar refractivity (Wildman–Crippen MR) is 87.5 cm³/mol. The summed E-state index contributed by atoms with van der Waals surface area (Å²) >= 11 is 0.